The molecular formula is C35H52FN7O4. The second kappa shape index (κ2) is 15.4. The Morgan fingerprint density at radius 2 is 1.74 bits per heavy atom. The van der Waals surface area contributed by atoms with Gasteiger partial charge in [-0.3, -0.25) is 23.9 Å². The van der Waals surface area contributed by atoms with Crippen molar-refractivity contribution in [1.29, 1.82) is 0 Å². The SMILES string of the molecule is CCC(=O)N[C@@H](C(=O)N1CCN(C)CC1(C)C)[C@@H](C)c1ccc(NC(=O)[C@@H](NC(=O)c2ccnn2CC)C2CCC(C)CC2)c(F)c1. The summed E-state index contributed by atoms with van der Waals surface area (Å²) >= 11 is 0. The maximum Gasteiger partial charge on any atom is 0.270 e. The lowest BCUT2D eigenvalue weighted by molar-refractivity contribution is -0.144. The number of carbonyl (C=O) groups is 4. The van der Waals surface area contributed by atoms with Crippen LogP contribution in [0.25, 0.3) is 0 Å². The number of piperazine rings is 1. The largest absolute Gasteiger partial charge is 0.344 e. The van der Waals surface area contributed by atoms with Gasteiger partial charge >= 0.3 is 0 Å². The molecule has 4 rings (SSSR count). The Bertz CT molecular complexity index is 1430. The predicted octanol–water partition coefficient (Wildman–Crippen LogP) is 4.16. The van der Waals surface area contributed by atoms with Gasteiger partial charge in [0.1, 0.15) is 23.6 Å². The molecule has 3 N–H and O–H groups in total. The van der Waals surface area contributed by atoms with E-state index in [4.69, 9.17) is 0 Å². The molecule has 3 atom stereocenters. The van der Waals surface area contributed by atoms with Gasteiger partial charge in [-0.1, -0.05) is 39.7 Å². The number of hydrogen-bond donors (Lipinski definition) is 3. The first-order chi connectivity index (χ1) is 22.2. The fourth-order valence-corrected chi connectivity index (χ4v) is 6.98. The Balaban J connectivity index is 1.54. The van der Waals surface area contributed by atoms with Crippen LogP contribution in [0.4, 0.5) is 10.1 Å². The van der Waals surface area contributed by atoms with E-state index in [2.05, 4.69) is 32.9 Å². The number of likely N-dealkylation sites (N-methyl/N-ethyl adjacent to an activating group) is 1. The summed E-state index contributed by atoms with van der Waals surface area (Å²) < 4.78 is 17.3. The van der Waals surface area contributed by atoms with Gasteiger partial charge in [-0.2, -0.15) is 5.10 Å². The van der Waals surface area contributed by atoms with Gasteiger partial charge in [0.2, 0.25) is 17.7 Å². The number of nitrogens with zero attached hydrogens (tertiary/aromatic N) is 4. The highest BCUT2D eigenvalue weighted by Crippen LogP contribution is 2.32. The summed E-state index contributed by atoms with van der Waals surface area (Å²) in [7, 11) is 2.01. The fraction of sp³-hybridized carbons (Fsp3) is 0.629. The number of rotatable bonds is 11. The van der Waals surface area contributed by atoms with Crippen LogP contribution < -0.4 is 16.0 Å². The minimum atomic E-state index is -0.894. The zero-order valence-corrected chi connectivity index (χ0v) is 28.9. The van der Waals surface area contributed by atoms with Crippen molar-refractivity contribution in [1.82, 2.24) is 30.2 Å². The van der Waals surface area contributed by atoms with Crippen molar-refractivity contribution in [3.05, 3.63) is 47.5 Å². The van der Waals surface area contributed by atoms with E-state index in [1.807, 2.05) is 32.7 Å². The minimum absolute atomic E-state index is 0.0198. The fourth-order valence-electron chi connectivity index (χ4n) is 6.98. The maximum absolute atomic E-state index is 15.7. The summed E-state index contributed by atoms with van der Waals surface area (Å²) in [5, 5.41) is 12.7. The van der Waals surface area contributed by atoms with Crippen LogP contribution in [0.5, 0.6) is 0 Å². The zero-order chi connectivity index (χ0) is 34.5. The normalized spacial score (nSPS) is 21.7. The topological polar surface area (TPSA) is 129 Å². The number of anilines is 1. The second-order valence-corrected chi connectivity index (χ2v) is 14.0. The quantitative estimate of drug-likeness (QED) is 0.334. The first-order valence-electron chi connectivity index (χ1n) is 17.0. The van der Waals surface area contributed by atoms with Crippen LogP contribution in [0.1, 0.15) is 95.6 Å². The molecule has 1 saturated carbocycles. The van der Waals surface area contributed by atoms with Gasteiger partial charge in [-0.25, -0.2) is 4.39 Å². The van der Waals surface area contributed by atoms with Crippen LogP contribution in [-0.4, -0.2) is 87.5 Å². The number of aryl methyl sites for hydroxylation is 1. The average molecular weight is 654 g/mol. The van der Waals surface area contributed by atoms with Crippen LogP contribution in [-0.2, 0) is 20.9 Å². The van der Waals surface area contributed by atoms with Gasteiger partial charge in [0.05, 0.1) is 11.2 Å². The molecule has 1 aromatic carbocycles. The molecule has 2 aromatic rings. The van der Waals surface area contributed by atoms with Crippen molar-refractivity contribution in [2.24, 2.45) is 11.8 Å². The lowest BCUT2D eigenvalue weighted by Crippen LogP contribution is -2.64. The van der Waals surface area contributed by atoms with Crippen LogP contribution in [0.3, 0.4) is 0 Å². The van der Waals surface area contributed by atoms with Crippen molar-refractivity contribution in [3.8, 4) is 0 Å². The summed E-state index contributed by atoms with van der Waals surface area (Å²) in [6.45, 7) is 14.0. The number of hydrogen-bond acceptors (Lipinski definition) is 6. The van der Waals surface area contributed by atoms with Crippen LogP contribution in [0, 0.1) is 17.7 Å². The van der Waals surface area contributed by atoms with Crippen LogP contribution >= 0.6 is 0 Å². The standard InChI is InChI=1S/C35H52FN7O4/c1-8-29(44)39-30(34(47)42-19-18-41(7)21-35(42,5)6)23(4)25-14-15-27(26(36)20-25)38-33(46)31(24-12-10-22(3)11-13-24)40-32(45)28-16-17-37-43(28)9-2/h14-17,20,22-24,30-31H,8-13,18-19,21H2,1-7H3,(H,38,46)(H,39,44)(H,40,45)/t22?,23-,24?,30+,31-/m0/s1. The minimum Gasteiger partial charge on any atom is -0.344 e. The molecule has 1 aliphatic carbocycles. The number of carbonyl (C=O) groups excluding carboxylic acids is 4. The van der Waals surface area contributed by atoms with E-state index in [0.717, 1.165) is 25.7 Å². The highest BCUT2D eigenvalue weighted by atomic mass is 19.1. The monoisotopic (exact) mass is 653 g/mol. The first kappa shape index (κ1) is 36.0. The molecule has 0 unspecified atom stereocenters. The Hall–Kier alpha value is -3.80. The first-order valence-corrected chi connectivity index (χ1v) is 17.0. The van der Waals surface area contributed by atoms with Crippen molar-refractivity contribution in [2.45, 2.75) is 104 Å². The van der Waals surface area contributed by atoms with Crippen molar-refractivity contribution in [2.75, 3.05) is 32.0 Å². The molecule has 2 fully saturated rings. The summed E-state index contributed by atoms with van der Waals surface area (Å²) in [4.78, 5) is 57.4. The molecule has 0 radical (unpaired) electrons. The van der Waals surface area contributed by atoms with Crippen molar-refractivity contribution < 1.29 is 23.6 Å². The van der Waals surface area contributed by atoms with E-state index in [-0.39, 0.29) is 29.8 Å². The van der Waals surface area contributed by atoms with Crippen LogP contribution in [0.2, 0.25) is 0 Å². The molecule has 2 aliphatic rings. The van der Waals surface area contributed by atoms with Gasteiger partial charge in [0.15, 0.2) is 0 Å². The Labute approximate surface area is 278 Å². The molecule has 1 aromatic heterocycles. The van der Waals surface area contributed by atoms with Crippen LogP contribution in [0.15, 0.2) is 30.5 Å². The zero-order valence-electron chi connectivity index (χ0n) is 28.9. The Morgan fingerprint density at radius 3 is 2.36 bits per heavy atom. The molecule has 2 heterocycles. The molecule has 0 spiro atoms. The van der Waals surface area contributed by atoms with E-state index in [1.54, 1.807) is 36.9 Å². The van der Waals surface area contributed by atoms with Gasteiger partial charge in [0, 0.05) is 44.7 Å². The third-order valence-electron chi connectivity index (χ3n) is 9.89. The van der Waals surface area contributed by atoms with Gasteiger partial charge < -0.3 is 25.8 Å². The lowest BCUT2D eigenvalue weighted by atomic mass is 9.79. The molecule has 0 bridgehead atoms. The third kappa shape index (κ3) is 8.57. The third-order valence-corrected chi connectivity index (χ3v) is 9.89. The molecule has 4 amide bonds. The number of benzene rings is 1. The van der Waals surface area contributed by atoms with E-state index >= 15 is 4.39 Å². The lowest BCUT2D eigenvalue weighted by Gasteiger charge is -2.47. The van der Waals surface area contributed by atoms with Gasteiger partial charge in [0.25, 0.3) is 5.91 Å². The predicted molar refractivity (Wildman–Crippen MR) is 179 cm³/mol. The van der Waals surface area contributed by atoms with Crippen molar-refractivity contribution >= 4 is 29.3 Å². The summed E-state index contributed by atoms with van der Waals surface area (Å²) in [6, 6.07) is 4.33. The highest BCUT2D eigenvalue weighted by Gasteiger charge is 2.41. The number of aromatic nitrogens is 2. The average Bonchev–Trinajstić information content (AvgIpc) is 3.52. The molecule has 12 heteroatoms. The number of halogens is 1. The van der Waals surface area contributed by atoms with E-state index in [1.165, 1.54) is 12.1 Å². The highest BCUT2D eigenvalue weighted by molar-refractivity contribution is 6.00. The molecule has 1 aliphatic heterocycles. The van der Waals surface area contributed by atoms with Gasteiger partial charge in [-0.15, -0.1) is 0 Å². The van der Waals surface area contributed by atoms with Gasteiger partial charge in [-0.05, 0) is 76.3 Å². The van der Waals surface area contributed by atoms with E-state index < -0.39 is 41.2 Å². The summed E-state index contributed by atoms with van der Waals surface area (Å²) in [6.07, 6.45) is 5.19. The second-order valence-electron chi connectivity index (χ2n) is 14.0. The maximum atomic E-state index is 15.7. The Morgan fingerprint density at radius 1 is 1.04 bits per heavy atom. The molecule has 1 saturated heterocycles. The summed E-state index contributed by atoms with van der Waals surface area (Å²) in [5.41, 5.74) is 0.407. The Kier molecular flexibility index (Phi) is 11.8. The number of amides is 4. The molecular weight excluding hydrogens is 601 g/mol. The van der Waals surface area contributed by atoms with E-state index in [9.17, 15) is 19.2 Å². The molecule has 11 nitrogen and oxygen atoms in total. The summed E-state index contributed by atoms with van der Waals surface area (Å²) in [5.74, 6) is -2.13. The molecule has 47 heavy (non-hydrogen) atoms. The van der Waals surface area contributed by atoms with Crippen molar-refractivity contribution in [3.63, 3.8) is 0 Å². The number of nitrogens with one attached hydrogen (secondary N) is 3. The smallest absolute Gasteiger partial charge is 0.270 e. The van der Waals surface area contributed by atoms with E-state index in [0.29, 0.717) is 43.4 Å². The molecule has 258 valence electrons.